The summed E-state index contributed by atoms with van der Waals surface area (Å²) in [7, 11) is 0. The summed E-state index contributed by atoms with van der Waals surface area (Å²) in [6.07, 6.45) is -0.837. The van der Waals surface area contributed by atoms with Crippen LogP contribution in [-0.4, -0.2) is 29.5 Å². The number of benzene rings is 1. The third-order valence-electron chi connectivity index (χ3n) is 1.95. The van der Waals surface area contributed by atoms with Crippen molar-refractivity contribution in [3.63, 3.8) is 0 Å². The van der Waals surface area contributed by atoms with Gasteiger partial charge in [-0.1, -0.05) is 17.7 Å². The molecular weight excluding hydrogens is 221 g/mol. The first kappa shape index (κ1) is 12.4. The van der Waals surface area contributed by atoms with Gasteiger partial charge in [-0.05, 0) is 12.1 Å². The quantitative estimate of drug-likeness (QED) is 0.709. The largest absolute Gasteiger partial charge is 0.394 e. The van der Waals surface area contributed by atoms with Crippen molar-refractivity contribution in [3.05, 3.63) is 34.6 Å². The van der Waals surface area contributed by atoms with E-state index in [0.717, 1.165) is 0 Å². The Morgan fingerprint density at radius 1 is 1.47 bits per heavy atom. The molecule has 1 aromatic rings. The molecule has 0 amide bonds. The maximum atomic E-state index is 13.2. The summed E-state index contributed by atoms with van der Waals surface area (Å²) in [6.45, 7) is 0.0989. The van der Waals surface area contributed by atoms with Gasteiger partial charge in [0.2, 0.25) is 0 Å². The highest BCUT2D eigenvalue weighted by Crippen LogP contribution is 2.18. The van der Waals surface area contributed by atoms with Crippen LogP contribution in [0.5, 0.6) is 0 Å². The molecule has 0 heterocycles. The van der Waals surface area contributed by atoms with Crippen LogP contribution in [0.4, 0.5) is 4.39 Å². The van der Waals surface area contributed by atoms with Gasteiger partial charge < -0.3 is 15.5 Å². The number of rotatable bonds is 5. The Hall–Kier alpha value is -0.680. The maximum absolute atomic E-state index is 13.2. The minimum Gasteiger partial charge on any atom is -0.394 e. The molecule has 0 aliphatic heterocycles. The molecule has 0 radical (unpaired) electrons. The van der Waals surface area contributed by atoms with Crippen LogP contribution in [0.1, 0.15) is 5.56 Å². The first-order valence-corrected chi connectivity index (χ1v) is 4.95. The number of nitrogens with one attached hydrogen (secondary N) is 1. The minimum absolute atomic E-state index is 0.196. The lowest BCUT2D eigenvalue weighted by atomic mass is 10.2. The number of halogens is 2. The Bertz CT molecular complexity index is 302. The van der Waals surface area contributed by atoms with Gasteiger partial charge in [0.05, 0.1) is 12.7 Å². The Labute approximate surface area is 92.5 Å². The van der Waals surface area contributed by atoms with Crippen LogP contribution >= 0.6 is 11.6 Å². The zero-order valence-corrected chi connectivity index (χ0v) is 8.84. The van der Waals surface area contributed by atoms with E-state index < -0.39 is 6.10 Å². The van der Waals surface area contributed by atoms with Gasteiger partial charge in [-0.3, -0.25) is 0 Å². The zero-order chi connectivity index (χ0) is 11.3. The van der Waals surface area contributed by atoms with Crippen molar-refractivity contribution in [3.8, 4) is 0 Å². The first-order valence-electron chi connectivity index (χ1n) is 4.57. The fourth-order valence-electron chi connectivity index (χ4n) is 1.13. The fraction of sp³-hybridized carbons (Fsp3) is 0.400. The summed E-state index contributed by atoms with van der Waals surface area (Å²) < 4.78 is 13.2. The molecule has 0 saturated heterocycles. The van der Waals surface area contributed by atoms with E-state index in [2.05, 4.69) is 5.32 Å². The smallest absolute Gasteiger partial charge is 0.129 e. The lowest BCUT2D eigenvalue weighted by molar-refractivity contribution is 0.0941. The SMILES string of the molecule is OCC(O)CNCc1c(F)cccc1Cl. The normalized spacial score (nSPS) is 12.8. The second kappa shape index (κ2) is 6.02. The Balaban J connectivity index is 2.50. The van der Waals surface area contributed by atoms with Gasteiger partial charge in [-0.15, -0.1) is 0 Å². The molecule has 0 bridgehead atoms. The van der Waals surface area contributed by atoms with Gasteiger partial charge >= 0.3 is 0 Å². The monoisotopic (exact) mass is 233 g/mol. The molecule has 15 heavy (non-hydrogen) atoms. The summed E-state index contributed by atoms with van der Waals surface area (Å²) in [4.78, 5) is 0. The van der Waals surface area contributed by atoms with Crippen LogP contribution in [0, 0.1) is 5.82 Å². The van der Waals surface area contributed by atoms with Crippen LogP contribution in [-0.2, 0) is 6.54 Å². The Morgan fingerprint density at radius 2 is 2.20 bits per heavy atom. The fourth-order valence-corrected chi connectivity index (χ4v) is 1.36. The number of hydrogen-bond acceptors (Lipinski definition) is 3. The summed E-state index contributed by atoms with van der Waals surface area (Å²) in [5.74, 6) is -0.381. The zero-order valence-electron chi connectivity index (χ0n) is 8.08. The Morgan fingerprint density at radius 3 is 2.80 bits per heavy atom. The molecule has 0 spiro atoms. The predicted molar refractivity (Wildman–Crippen MR) is 56.2 cm³/mol. The van der Waals surface area contributed by atoms with Crippen molar-refractivity contribution in [1.29, 1.82) is 0 Å². The van der Waals surface area contributed by atoms with E-state index in [4.69, 9.17) is 21.8 Å². The van der Waals surface area contributed by atoms with Crippen LogP contribution in [0.3, 0.4) is 0 Å². The molecule has 0 saturated carbocycles. The third kappa shape index (κ3) is 3.76. The van der Waals surface area contributed by atoms with E-state index in [9.17, 15) is 4.39 Å². The second-order valence-electron chi connectivity index (χ2n) is 3.17. The van der Waals surface area contributed by atoms with Gasteiger partial charge in [-0.2, -0.15) is 0 Å². The third-order valence-corrected chi connectivity index (χ3v) is 2.31. The van der Waals surface area contributed by atoms with Gasteiger partial charge in [0.25, 0.3) is 0 Å². The molecule has 3 N–H and O–H groups in total. The van der Waals surface area contributed by atoms with Crippen LogP contribution in [0.2, 0.25) is 5.02 Å². The summed E-state index contributed by atoms with van der Waals surface area (Å²) >= 11 is 5.79. The highest BCUT2D eigenvalue weighted by atomic mass is 35.5. The van der Waals surface area contributed by atoms with Crippen molar-refractivity contribution in [1.82, 2.24) is 5.32 Å². The van der Waals surface area contributed by atoms with Gasteiger partial charge in [0, 0.05) is 23.7 Å². The topological polar surface area (TPSA) is 52.5 Å². The molecule has 1 aromatic carbocycles. The van der Waals surface area contributed by atoms with Gasteiger partial charge in [0.1, 0.15) is 5.82 Å². The molecule has 1 unspecified atom stereocenters. The van der Waals surface area contributed by atoms with Crippen LogP contribution in [0.15, 0.2) is 18.2 Å². The van der Waals surface area contributed by atoms with Crippen LogP contribution < -0.4 is 5.32 Å². The molecule has 0 aliphatic carbocycles. The number of hydrogen-bond donors (Lipinski definition) is 3. The van der Waals surface area contributed by atoms with Crippen molar-refractivity contribution in [2.24, 2.45) is 0 Å². The molecule has 1 rings (SSSR count). The van der Waals surface area contributed by atoms with E-state index in [1.165, 1.54) is 12.1 Å². The summed E-state index contributed by atoms with van der Waals surface area (Å²) in [5, 5.41) is 20.7. The summed E-state index contributed by atoms with van der Waals surface area (Å²) in [6, 6.07) is 4.46. The molecule has 84 valence electrons. The molecular formula is C10H13ClFNO2. The van der Waals surface area contributed by atoms with E-state index >= 15 is 0 Å². The lowest BCUT2D eigenvalue weighted by Gasteiger charge is -2.10. The van der Waals surface area contributed by atoms with Crippen molar-refractivity contribution in [2.75, 3.05) is 13.2 Å². The standard InChI is InChI=1S/C10H13ClFNO2/c11-9-2-1-3-10(12)8(9)5-13-4-7(15)6-14/h1-3,7,13-15H,4-6H2. The average Bonchev–Trinajstić information content (AvgIpc) is 2.22. The van der Waals surface area contributed by atoms with E-state index in [0.29, 0.717) is 10.6 Å². The van der Waals surface area contributed by atoms with Crippen molar-refractivity contribution >= 4 is 11.6 Å². The van der Waals surface area contributed by atoms with E-state index in [1.54, 1.807) is 6.07 Å². The highest BCUT2D eigenvalue weighted by Gasteiger charge is 2.07. The van der Waals surface area contributed by atoms with Gasteiger partial charge in [0.15, 0.2) is 0 Å². The molecule has 0 fully saturated rings. The van der Waals surface area contributed by atoms with E-state index in [1.807, 2.05) is 0 Å². The highest BCUT2D eigenvalue weighted by molar-refractivity contribution is 6.31. The average molecular weight is 234 g/mol. The second-order valence-corrected chi connectivity index (χ2v) is 3.57. The first-order chi connectivity index (χ1) is 7.15. The van der Waals surface area contributed by atoms with Crippen molar-refractivity contribution < 1.29 is 14.6 Å². The maximum Gasteiger partial charge on any atom is 0.129 e. The van der Waals surface area contributed by atoms with Crippen molar-refractivity contribution in [2.45, 2.75) is 12.6 Å². The lowest BCUT2D eigenvalue weighted by Crippen LogP contribution is -2.29. The molecule has 3 nitrogen and oxygen atoms in total. The van der Waals surface area contributed by atoms with Gasteiger partial charge in [-0.25, -0.2) is 4.39 Å². The minimum atomic E-state index is -0.837. The Kier molecular flexibility index (Phi) is 4.98. The molecule has 0 aromatic heterocycles. The number of aliphatic hydroxyl groups excluding tert-OH is 2. The number of aliphatic hydroxyl groups is 2. The molecule has 1 atom stereocenters. The predicted octanol–water partition coefficient (Wildman–Crippen LogP) is 0.922. The molecule has 5 heteroatoms. The van der Waals surface area contributed by atoms with E-state index in [-0.39, 0.29) is 25.5 Å². The van der Waals surface area contributed by atoms with Crippen LogP contribution in [0.25, 0.3) is 0 Å². The summed E-state index contributed by atoms with van der Waals surface area (Å²) in [5.41, 5.74) is 0.365. The molecule has 0 aliphatic rings.